The molecule has 2 aromatic rings. The highest BCUT2D eigenvalue weighted by molar-refractivity contribution is 5.80. The van der Waals surface area contributed by atoms with Crippen molar-refractivity contribution >= 4 is 16.7 Å². The number of aryl methyl sites for hydroxylation is 1. The SMILES string of the molecule is Cn1c(CN)nc2cc(N3CCNCC3)ccc21. The molecule has 1 aliphatic heterocycles. The Balaban J connectivity index is 2.00. The molecule has 1 saturated heterocycles. The summed E-state index contributed by atoms with van der Waals surface area (Å²) in [4.78, 5) is 6.98. The summed E-state index contributed by atoms with van der Waals surface area (Å²) in [5, 5.41) is 3.37. The minimum Gasteiger partial charge on any atom is -0.369 e. The highest BCUT2D eigenvalue weighted by atomic mass is 15.2. The Morgan fingerprint density at radius 3 is 2.83 bits per heavy atom. The number of piperazine rings is 1. The quantitative estimate of drug-likeness (QED) is 0.806. The normalized spacial score (nSPS) is 16.4. The number of imidazole rings is 1. The second-order valence-electron chi connectivity index (χ2n) is 4.70. The molecule has 1 aromatic heterocycles. The molecular weight excluding hydrogens is 226 g/mol. The van der Waals surface area contributed by atoms with Crippen LogP contribution in [0.25, 0.3) is 11.0 Å². The number of rotatable bonds is 2. The minimum atomic E-state index is 0.480. The van der Waals surface area contributed by atoms with E-state index in [4.69, 9.17) is 5.73 Å². The van der Waals surface area contributed by atoms with Crippen LogP contribution >= 0.6 is 0 Å². The molecule has 0 unspecified atom stereocenters. The van der Waals surface area contributed by atoms with E-state index in [1.807, 2.05) is 7.05 Å². The van der Waals surface area contributed by atoms with Crippen molar-refractivity contribution in [3.63, 3.8) is 0 Å². The van der Waals surface area contributed by atoms with Gasteiger partial charge in [-0.2, -0.15) is 0 Å². The van der Waals surface area contributed by atoms with Gasteiger partial charge in [-0.25, -0.2) is 4.98 Å². The summed E-state index contributed by atoms with van der Waals surface area (Å²) in [6.45, 7) is 4.70. The first-order valence-electron chi connectivity index (χ1n) is 6.40. The summed E-state index contributed by atoms with van der Waals surface area (Å²) in [7, 11) is 2.02. The van der Waals surface area contributed by atoms with Gasteiger partial charge in [0.15, 0.2) is 0 Å². The monoisotopic (exact) mass is 245 g/mol. The van der Waals surface area contributed by atoms with E-state index in [0.29, 0.717) is 6.54 Å². The summed E-state index contributed by atoms with van der Waals surface area (Å²) in [6.07, 6.45) is 0. The zero-order chi connectivity index (χ0) is 12.5. The third-order valence-electron chi connectivity index (χ3n) is 3.62. The van der Waals surface area contributed by atoms with E-state index in [-0.39, 0.29) is 0 Å². The molecule has 0 atom stereocenters. The predicted molar refractivity (Wildman–Crippen MR) is 73.7 cm³/mol. The van der Waals surface area contributed by atoms with Crippen LogP contribution in [0.15, 0.2) is 18.2 Å². The standard InChI is InChI=1S/C13H19N5/c1-17-12-3-2-10(18-6-4-15-5-7-18)8-11(12)16-13(17)9-14/h2-3,8,15H,4-7,9,14H2,1H3. The van der Waals surface area contributed by atoms with Gasteiger partial charge in [0.05, 0.1) is 17.6 Å². The molecule has 3 N–H and O–H groups in total. The minimum absolute atomic E-state index is 0.480. The molecule has 0 bridgehead atoms. The van der Waals surface area contributed by atoms with Crippen molar-refractivity contribution in [1.82, 2.24) is 14.9 Å². The summed E-state index contributed by atoms with van der Waals surface area (Å²) in [5.41, 5.74) is 9.13. The smallest absolute Gasteiger partial charge is 0.123 e. The summed E-state index contributed by atoms with van der Waals surface area (Å²) >= 11 is 0. The molecule has 1 aliphatic rings. The first kappa shape index (κ1) is 11.5. The van der Waals surface area contributed by atoms with Crippen molar-refractivity contribution in [1.29, 1.82) is 0 Å². The maximum atomic E-state index is 5.69. The molecule has 3 rings (SSSR count). The molecule has 0 radical (unpaired) electrons. The lowest BCUT2D eigenvalue weighted by Gasteiger charge is -2.29. The lowest BCUT2D eigenvalue weighted by molar-refractivity contribution is 0.589. The first-order chi connectivity index (χ1) is 8.79. The molecule has 0 amide bonds. The van der Waals surface area contributed by atoms with Crippen molar-refractivity contribution < 1.29 is 0 Å². The molecule has 1 aromatic carbocycles. The number of anilines is 1. The number of nitrogens with zero attached hydrogens (tertiary/aromatic N) is 3. The lowest BCUT2D eigenvalue weighted by atomic mass is 10.2. The van der Waals surface area contributed by atoms with Crippen molar-refractivity contribution in [2.75, 3.05) is 31.1 Å². The van der Waals surface area contributed by atoms with Crippen LogP contribution in [-0.4, -0.2) is 35.7 Å². The van der Waals surface area contributed by atoms with Gasteiger partial charge in [-0.05, 0) is 18.2 Å². The number of benzene rings is 1. The Labute approximate surface area is 107 Å². The molecule has 96 valence electrons. The topological polar surface area (TPSA) is 59.1 Å². The largest absolute Gasteiger partial charge is 0.369 e. The van der Waals surface area contributed by atoms with Crippen LogP contribution in [-0.2, 0) is 13.6 Å². The van der Waals surface area contributed by atoms with E-state index in [9.17, 15) is 0 Å². The average Bonchev–Trinajstić information content (AvgIpc) is 2.76. The van der Waals surface area contributed by atoms with Gasteiger partial charge in [0, 0.05) is 38.9 Å². The van der Waals surface area contributed by atoms with Gasteiger partial charge in [0.2, 0.25) is 0 Å². The Morgan fingerprint density at radius 2 is 2.11 bits per heavy atom. The van der Waals surface area contributed by atoms with Crippen LogP contribution in [0.3, 0.4) is 0 Å². The molecule has 5 nitrogen and oxygen atoms in total. The van der Waals surface area contributed by atoms with Gasteiger partial charge in [0.25, 0.3) is 0 Å². The number of hydrogen-bond acceptors (Lipinski definition) is 4. The maximum Gasteiger partial charge on any atom is 0.123 e. The van der Waals surface area contributed by atoms with Gasteiger partial charge in [-0.1, -0.05) is 0 Å². The lowest BCUT2D eigenvalue weighted by Crippen LogP contribution is -2.43. The number of hydrogen-bond donors (Lipinski definition) is 2. The first-order valence-corrected chi connectivity index (χ1v) is 6.40. The fraction of sp³-hybridized carbons (Fsp3) is 0.462. The molecule has 18 heavy (non-hydrogen) atoms. The highest BCUT2D eigenvalue weighted by Crippen LogP contribution is 2.22. The van der Waals surface area contributed by atoms with Gasteiger partial charge in [0.1, 0.15) is 5.82 Å². The predicted octanol–water partition coefficient (Wildman–Crippen LogP) is 0.442. The van der Waals surface area contributed by atoms with E-state index in [2.05, 4.69) is 38.0 Å². The van der Waals surface area contributed by atoms with Crippen LogP contribution < -0.4 is 16.0 Å². The van der Waals surface area contributed by atoms with Crippen LogP contribution in [0.2, 0.25) is 0 Å². The van der Waals surface area contributed by atoms with E-state index < -0.39 is 0 Å². The molecule has 0 saturated carbocycles. The zero-order valence-corrected chi connectivity index (χ0v) is 10.7. The van der Waals surface area contributed by atoms with Crippen LogP contribution in [0.5, 0.6) is 0 Å². The van der Waals surface area contributed by atoms with Crippen LogP contribution in [0.1, 0.15) is 5.82 Å². The Bertz CT molecular complexity index is 554. The van der Waals surface area contributed by atoms with E-state index in [1.54, 1.807) is 0 Å². The maximum absolute atomic E-state index is 5.69. The Kier molecular flexibility index (Phi) is 2.93. The van der Waals surface area contributed by atoms with Gasteiger partial charge >= 0.3 is 0 Å². The highest BCUT2D eigenvalue weighted by Gasteiger charge is 2.12. The molecule has 2 heterocycles. The van der Waals surface area contributed by atoms with Gasteiger partial charge in [-0.15, -0.1) is 0 Å². The Hall–Kier alpha value is -1.59. The third kappa shape index (κ3) is 1.85. The second-order valence-corrected chi connectivity index (χ2v) is 4.70. The van der Waals surface area contributed by atoms with Crippen molar-refractivity contribution in [3.8, 4) is 0 Å². The average molecular weight is 245 g/mol. The van der Waals surface area contributed by atoms with Crippen molar-refractivity contribution in [3.05, 3.63) is 24.0 Å². The molecule has 1 fully saturated rings. The van der Waals surface area contributed by atoms with Gasteiger partial charge in [-0.3, -0.25) is 0 Å². The molecular formula is C13H19N5. The van der Waals surface area contributed by atoms with E-state index in [1.165, 1.54) is 5.69 Å². The number of nitrogens with two attached hydrogens (primary N) is 1. The van der Waals surface area contributed by atoms with E-state index in [0.717, 1.165) is 43.0 Å². The zero-order valence-electron chi connectivity index (χ0n) is 10.7. The molecule has 0 spiro atoms. The number of nitrogens with one attached hydrogen (secondary N) is 1. The van der Waals surface area contributed by atoms with Crippen LogP contribution in [0.4, 0.5) is 5.69 Å². The second kappa shape index (κ2) is 4.59. The Morgan fingerprint density at radius 1 is 1.33 bits per heavy atom. The summed E-state index contributed by atoms with van der Waals surface area (Å²) in [5.74, 6) is 0.933. The fourth-order valence-corrected chi connectivity index (χ4v) is 2.54. The van der Waals surface area contributed by atoms with Crippen molar-refractivity contribution in [2.45, 2.75) is 6.54 Å². The molecule has 5 heteroatoms. The summed E-state index contributed by atoms with van der Waals surface area (Å²) < 4.78 is 2.07. The number of aromatic nitrogens is 2. The number of fused-ring (bicyclic) bond motifs is 1. The third-order valence-corrected chi connectivity index (χ3v) is 3.62. The summed E-state index contributed by atoms with van der Waals surface area (Å²) in [6, 6.07) is 6.48. The fourth-order valence-electron chi connectivity index (χ4n) is 2.54. The van der Waals surface area contributed by atoms with E-state index >= 15 is 0 Å². The molecule has 0 aliphatic carbocycles. The van der Waals surface area contributed by atoms with Crippen molar-refractivity contribution in [2.24, 2.45) is 12.8 Å². The van der Waals surface area contributed by atoms with Gasteiger partial charge < -0.3 is 20.5 Å². The van der Waals surface area contributed by atoms with Crippen LogP contribution in [0, 0.1) is 0 Å².